The highest BCUT2D eigenvalue weighted by atomic mass is 16.2. The second-order valence-corrected chi connectivity index (χ2v) is 6.93. The predicted molar refractivity (Wildman–Crippen MR) is 99.3 cm³/mol. The molecular weight excluding hydrogens is 312 g/mol. The summed E-state index contributed by atoms with van der Waals surface area (Å²) in [5.74, 6) is -0.220. The first-order chi connectivity index (χ1) is 11.9. The van der Waals surface area contributed by atoms with Crippen LogP contribution in [0.4, 0.5) is 5.69 Å². The Bertz CT molecular complexity index is 765. The van der Waals surface area contributed by atoms with E-state index in [0.717, 1.165) is 22.4 Å². The van der Waals surface area contributed by atoms with E-state index in [-0.39, 0.29) is 24.2 Å². The van der Waals surface area contributed by atoms with Crippen LogP contribution in [-0.4, -0.2) is 30.3 Å². The van der Waals surface area contributed by atoms with Crippen molar-refractivity contribution in [2.45, 2.75) is 26.8 Å². The van der Waals surface area contributed by atoms with Crippen LogP contribution in [0.15, 0.2) is 48.5 Å². The molecule has 25 heavy (non-hydrogen) atoms. The minimum Gasteiger partial charge on any atom is -0.341 e. The van der Waals surface area contributed by atoms with Gasteiger partial charge in [-0.2, -0.15) is 0 Å². The average Bonchev–Trinajstić information content (AvgIpc) is 2.96. The summed E-state index contributed by atoms with van der Waals surface area (Å²) in [6.07, 6.45) is 0.283. The fraction of sp³-hybridized carbons (Fsp3) is 0.333. The van der Waals surface area contributed by atoms with Crippen molar-refractivity contribution in [1.29, 1.82) is 0 Å². The minimum atomic E-state index is -0.276. The number of carbonyl (C=O) groups excluding carboxylic acids is 2. The molecule has 0 radical (unpaired) electrons. The number of carbonyl (C=O) groups is 2. The maximum atomic E-state index is 12.8. The molecule has 0 saturated carbocycles. The fourth-order valence-corrected chi connectivity index (χ4v) is 3.48. The molecule has 1 heterocycles. The summed E-state index contributed by atoms with van der Waals surface area (Å²) >= 11 is 0. The first kappa shape index (κ1) is 17.2. The van der Waals surface area contributed by atoms with Crippen LogP contribution in [-0.2, 0) is 16.1 Å². The number of rotatable bonds is 4. The monoisotopic (exact) mass is 336 g/mol. The van der Waals surface area contributed by atoms with Gasteiger partial charge in [0, 0.05) is 32.2 Å². The highest BCUT2D eigenvalue weighted by Crippen LogP contribution is 2.28. The zero-order chi connectivity index (χ0) is 18.0. The SMILES string of the molecule is Cc1cc(C)cc(N2C[C@@H](C(=O)N(C)Cc3ccccc3)CC2=O)c1. The van der Waals surface area contributed by atoms with Gasteiger partial charge in [-0.3, -0.25) is 9.59 Å². The number of aryl methyl sites for hydroxylation is 2. The molecule has 2 amide bonds. The van der Waals surface area contributed by atoms with Crippen molar-refractivity contribution in [2.75, 3.05) is 18.5 Å². The van der Waals surface area contributed by atoms with Gasteiger partial charge in [0.2, 0.25) is 11.8 Å². The van der Waals surface area contributed by atoms with Crippen LogP contribution in [0.1, 0.15) is 23.1 Å². The van der Waals surface area contributed by atoms with E-state index in [0.29, 0.717) is 13.1 Å². The molecular formula is C21H24N2O2. The van der Waals surface area contributed by atoms with Gasteiger partial charge in [-0.15, -0.1) is 0 Å². The van der Waals surface area contributed by atoms with Crippen LogP contribution < -0.4 is 4.90 Å². The minimum absolute atomic E-state index is 0.0245. The molecule has 1 fully saturated rings. The van der Waals surface area contributed by atoms with Crippen molar-refractivity contribution < 1.29 is 9.59 Å². The first-order valence-corrected chi connectivity index (χ1v) is 8.61. The van der Waals surface area contributed by atoms with Crippen LogP contribution in [0.25, 0.3) is 0 Å². The van der Waals surface area contributed by atoms with Gasteiger partial charge in [0.05, 0.1) is 5.92 Å². The lowest BCUT2D eigenvalue weighted by molar-refractivity contribution is -0.135. The zero-order valence-electron chi connectivity index (χ0n) is 15.0. The molecule has 2 aromatic carbocycles. The Labute approximate surface area is 149 Å². The zero-order valence-corrected chi connectivity index (χ0v) is 15.0. The number of benzene rings is 2. The van der Waals surface area contributed by atoms with Gasteiger partial charge in [0.15, 0.2) is 0 Å². The standard InChI is InChI=1S/C21H24N2O2/c1-15-9-16(2)11-19(10-15)23-14-18(12-20(23)24)21(25)22(3)13-17-7-5-4-6-8-17/h4-11,18H,12-14H2,1-3H3/t18-/m0/s1. The topological polar surface area (TPSA) is 40.6 Å². The van der Waals surface area contributed by atoms with Gasteiger partial charge in [0.1, 0.15) is 0 Å². The van der Waals surface area contributed by atoms with Crippen molar-refractivity contribution in [3.05, 3.63) is 65.2 Å². The smallest absolute Gasteiger partial charge is 0.228 e. The third kappa shape index (κ3) is 3.90. The molecule has 130 valence electrons. The maximum Gasteiger partial charge on any atom is 0.228 e. The molecule has 1 aliphatic rings. The molecule has 0 spiro atoms. The second kappa shape index (κ2) is 7.09. The summed E-state index contributed by atoms with van der Waals surface area (Å²) < 4.78 is 0. The van der Waals surface area contributed by atoms with Crippen LogP contribution >= 0.6 is 0 Å². The molecule has 3 rings (SSSR count). The van der Waals surface area contributed by atoms with Gasteiger partial charge in [-0.05, 0) is 42.7 Å². The highest BCUT2D eigenvalue weighted by molar-refractivity contribution is 6.00. The number of hydrogen-bond acceptors (Lipinski definition) is 2. The van der Waals surface area contributed by atoms with Crippen molar-refractivity contribution >= 4 is 17.5 Å². The van der Waals surface area contributed by atoms with E-state index >= 15 is 0 Å². The van der Waals surface area contributed by atoms with Crippen molar-refractivity contribution in [3.8, 4) is 0 Å². The average molecular weight is 336 g/mol. The van der Waals surface area contributed by atoms with Crippen LogP contribution in [0, 0.1) is 19.8 Å². The Balaban J connectivity index is 1.70. The highest BCUT2D eigenvalue weighted by Gasteiger charge is 2.36. The summed E-state index contributed by atoms with van der Waals surface area (Å²) in [5, 5.41) is 0. The second-order valence-electron chi connectivity index (χ2n) is 6.93. The van der Waals surface area contributed by atoms with Gasteiger partial charge in [-0.25, -0.2) is 0 Å². The van der Waals surface area contributed by atoms with E-state index in [2.05, 4.69) is 6.07 Å². The fourth-order valence-electron chi connectivity index (χ4n) is 3.48. The summed E-state index contributed by atoms with van der Waals surface area (Å²) in [5.41, 5.74) is 4.23. The molecule has 4 nitrogen and oxygen atoms in total. The lowest BCUT2D eigenvalue weighted by Crippen LogP contribution is -2.34. The van der Waals surface area contributed by atoms with Crippen molar-refractivity contribution in [3.63, 3.8) is 0 Å². The summed E-state index contributed by atoms with van der Waals surface area (Å²) in [7, 11) is 1.80. The van der Waals surface area contributed by atoms with Crippen LogP contribution in [0.5, 0.6) is 0 Å². The third-order valence-electron chi connectivity index (χ3n) is 4.63. The lowest BCUT2D eigenvalue weighted by Gasteiger charge is -2.22. The Morgan fingerprint density at radius 3 is 2.40 bits per heavy atom. The lowest BCUT2D eigenvalue weighted by atomic mass is 10.1. The maximum absolute atomic E-state index is 12.8. The molecule has 1 saturated heterocycles. The molecule has 4 heteroatoms. The van der Waals surface area contributed by atoms with E-state index in [1.54, 1.807) is 16.8 Å². The molecule has 0 bridgehead atoms. The molecule has 1 atom stereocenters. The third-order valence-corrected chi connectivity index (χ3v) is 4.63. The Hall–Kier alpha value is -2.62. The summed E-state index contributed by atoms with van der Waals surface area (Å²) in [4.78, 5) is 28.7. The quantitative estimate of drug-likeness (QED) is 0.859. The van der Waals surface area contributed by atoms with Crippen LogP contribution in [0.2, 0.25) is 0 Å². The Morgan fingerprint density at radius 2 is 1.76 bits per heavy atom. The summed E-state index contributed by atoms with van der Waals surface area (Å²) in [6, 6.07) is 16.0. The Morgan fingerprint density at radius 1 is 1.12 bits per heavy atom. The van der Waals surface area contributed by atoms with E-state index in [1.165, 1.54) is 0 Å². The largest absolute Gasteiger partial charge is 0.341 e. The molecule has 0 unspecified atom stereocenters. The van der Waals surface area contributed by atoms with Gasteiger partial charge in [-0.1, -0.05) is 36.4 Å². The number of anilines is 1. The van der Waals surface area contributed by atoms with Crippen molar-refractivity contribution in [2.24, 2.45) is 5.92 Å². The van der Waals surface area contributed by atoms with E-state index in [4.69, 9.17) is 0 Å². The van der Waals surface area contributed by atoms with Crippen molar-refractivity contribution in [1.82, 2.24) is 4.90 Å². The van der Waals surface area contributed by atoms with Gasteiger partial charge < -0.3 is 9.80 Å². The number of hydrogen-bond donors (Lipinski definition) is 0. The molecule has 0 aliphatic carbocycles. The number of amides is 2. The van der Waals surface area contributed by atoms with E-state index < -0.39 is 0 Å². The van der Waals surface area contributed by atoms with E-state index in [9.17, 15) is 9.59 Å². The molecule has 2 aromatic rings. The van der Waals surface area contributed by atoms with Gasteiger partial charge in [0.25, 0.3) is 0 Å². The normalized spacial score (nSPS) is 17.0. The van der Waals surface area contributed by atoms with Crippen LogP contribution in [0.3, 0.4) is 0 Å². The summed E-state index contributed by atoms with van der Waals surface area (Å²) in [6.45, 7) is 5.06. The molecule has 0 N–H and O–H groups in total. The first-order valence-electron chi connectivity index (χ1n) is 8.61. The Kier molecular flexibility index (Phi) is 4.88. The van der Waals surface area contributed by atoms with Gasteiger partial charge >= 0.3 is 0 Å². The molecule has 0 aromatic heterocycles. The number of nitrogens with zero attached hydrogens (tertiary/aromatic N) is 2. The predicted octanol–water partition coefficient (Wildman–Crippen LogP) is 3.31. The van der Waals surface area contributed by atoms with E-state index in [1.807, 2.05) is 56.3 Å². The molecule has 1 aliphatic heterocycles.